The summed E-state index contributed by atoms with van der Waals surface area (Å²) in [7, 11) is 1.43. The van der Waals surface area contributed by atoms with Crippen molar-refractivity contribution in [2.45, 2.75) is 57.8 Å². The summed E-state index contributed by atoms with van der Waals surface area (Å²) in [5.74, 6) is -0.106. The number of methoxy groups -OCH3 is 1. The first kappa shape index (κ1) is 17.6. The maximum atomic E-state index is 10.9. The molecule has 0 N–H and O–H groups in total. The zero-order valence-electron chi connectivity index (χ0n) is 12.0. The fourth-order valence-corrected chi connectivity index (χ4v) is 1.70. The van der Waals surface area contributed by atoms with E-state index in [9.17, 15) is 9.59 Å². The molecule has 19 heavy (non-hydrogen) atoms. The number of carbonyl (C=O) groups is 2. The van der Waals surface area contributed by atoms with Crippen LogP contribution in [0, 0.1) is 0 Å². The molecule has 0 aliphatic heterocycles. The van der Waals surface area contributed by atoms with Gasteiger partial charge in [0.2, 0.25) is 0 Å². The predicted molar refractivity (Wildman–Crippen MR) is 77.9 cm³/mol. The molecule has 3 heteroatoms. The van der Waals surface area contributed by atoms with Crippen LogP contribution in [0.4, 0.5) is 0 Å². The zero-order valence-corrected chi connectivity index (χ0v) is 12.0. The van der Waals surface area contributed by atoms with E-state index in [4.69, 9.17) is 0 Å². The Morgan fingerprint density at radius 3 is 2.26 bits per heavy atom. The fraction of sp³-hybridized carbons (Fsp3) is 0.625. The molecular weight excluding hydrogens is 240 g/mol. The Morgan fingerprint density at radius 1 is 0.895 bits per heavy atom. The van der Waals surface area contributed by atoms with Crippen LogP contribution < -0.4 is 0 Å². The number of ether oxygens (including phenoxy) is 1. The van der Waals surface area contributed by atoms with E-state index in [-0.39, 0.29) is 5.97 Å². The lowest BCUT2D eigenvalue weighted by molar-refractivity contribution is -0.140. The normalized spacial score (nSPS) is 11.2. The van der Waals surface area contributed by atoms with Gasteiger partial charge in [-0.3, -0.25) is 4.79 Å². The van der Waals surface area contributed by atoms with E-state index < -0.39 is 0 Å². The molecule has 108 valence electrons. The average Bonchev–Trinajstić information content (AvgIpc) is 2.43. The Kier molecular flexibility index (Phi) is 13.6. The van der Waals surface area contributed by atoms with Gasteiger partial charge in [0.25, 0.3) is 0 Å². The first-order valence-electron chi connectivity index (χ1n) is 7.11. The number of rotatable bonds is 12. The minimum Gasteiger partial charge on any atom is -0.469 e. The minimum atomic E-state index is -0.106. The Hall–Kier alpha value is -1.38. The van der Waals surface area contributed by atoms with Crippen molar-refractivity contribution < 1.29 is 14.3 Å². The van der Waals surface area contributed by atoms with Gasteiger partial charge >= 0.3 is 5.97 Å². The van der Waals surface area contributed by atoms with Crippen LogP contribution in [0.15, 0.2) is 24.3 Å². The zero-order chi connectivity index (χ0) is 14.2. The molecule has 0 atom stereocenters. The third-order valence-corrected chi connectivity index (χ3v) is 2.82. The van der Waals surface area contributed by atoms with Gasteiger partial charge < -0.3 is 9.53 Å². The molecule has 0 saturated carbocycles. The van der Waals surface area contributed by atoms with Crippen molar-refractivity contribution in [1.29, 1.82) is 0 Å². The summed E-state index contributed by atoms with van der Waals surface area (Å²) >= 11 is 0. The SMILES string of the molecule is COC(=O)CCCCCCCC=CCC=CCC=O. The van der Waals surface area contributed by atoms with Crippen LogP contribution in [-0.2, 0) is 14.3 Å². The number of aldehydes is 1. The van der Waals surface area contributed by atoms with Crippen LogP contribution in [0.5, 0.6) is 0 Å². The lowest BCUT2D eigenvalue weighted by Gasteiger charge is -1.99. The van der Waals surface area contributed by atoms with Crippen molar-refractivity contribution in [2.75, 3.05) is 7.11 Å². The Morgan fingerprint density at radius 2 is 1.53 bits per heavy atom. The van der Waals surface area contributed by atoms with Gasteiger partial charge in [0, 0.05) is 12.8 Å². The lowest BCUT2D eigenvalue weighted by atomic mass is 10.1. The molecule has 0 aliphatic carbocycles. The number of carbonyl (C=O) groups excluding carboxylic acids is 2. The smallest absolute Gasteiger partial charge is 0.305 e. The maximum Gasteiger partial charge on any atom is 0.305 e. The van der Waals surface area contributed by atoms with Crippen molar-refractivity contribution in [3.8, 4) is 0 Å². The number of unbranched alkanes of at least 4 members (excludes halogenated alkanes) is 5. The second-order valence-electron chi connectivity index (χ2n) is 4.46. The van der Waals surface area contributed by atoms with E-state index in [1.54, 1.807) is 0 Å². The van der Waals surface area contributed by atoms with Gasteiger partial charge in [-0.25, -0.2) is 0 Å². The van der Waals surface area contributed by atoms with Crippen LogP contribution >= 0.6 is 0 Å². The third kappa shape index (κ3) is 14.6. The highest BCUT2D eigenvalue weighted by atomic mass is 16.5. The third-order valence-electron chi connectivity index (χ3n) is 2.82. The van der Waals surface area contributed by atoms with Gasteiger partial charge in [-0.2, -0.15) is 0 Å². The van der Waals surface area contributed by atoms with E-state index in [1.165, 1.54) is 26.4 Å². The first-order valence-corrected chi connectivity index (χ1v) is 7.11. The fourth-order valence-electron chi connectivity index (χ4n) is 1.70. The van der Waals surface area contributed by atoms with Gasteiger partial charge in [0.1, 0.15) is 6.29 Å². The summed E-state index contributed by atoms with van der Waals surface area (Å²) in [6, 6.07) is 0. The Bertz CT molecular complexity index is 280. The Balaban J connectivity index is 3.20. The van der Waals surface area contributed by atoms with Gasteiger partial charge in [-0.1, -0.05) is 43.6 Å². The molecule has 0 spiro atoms. The van der Waals surface area contributed by atoms with Gasteiger partial charge in [0.15, 0.2) is 0 Å². The second-order valence-corrected chi connectivity index (χ2v) is 4.46. The quantitative estimate of drug-likeness (QED) is 0.232. The summed E-state index contributed by atoms with van der Waals surface area (Å²) < 4.78 is 4.58. The molecule has 0 unspecified atom stereocenters. The number of esters is 1. The average molecular weight is 266 g/mol. The summed E-state index contributed by atoms with van der Waals surface area (Å²) in [5.41, 5.74) is 0. The second kappa shape index (κ2) is 14.7. The monoisotopic (exact) mass is 266 g/mol. The summed E-state index contributed by atoms with van der Waals surface area (Å²) in [6.45, 7) is 0. The molecule has 0 fully saturated rings. The molecule has 0 saturated heterocycles. The molecular formula is C16H26O3. The highest BCUT2D eigenvalue weighted by molar-refractivity contribution is 5.68. The molecule has 0 amide bonds. The van der Waals surface area contributed by atoms with Crippen molar-refractivity contribution in [2.24, 2.45) is 0 Å². The highest BCUT2D eigenvalue weighted by Gasteiger charge is 1.98. The Labute approximate surface area is 116 Å². The van der Waals surface area contributed by atoms with Crippen LogP contribution in [0.3, 0.4) is 0 Å². The van der Waals surface area contributed by atoms with Gasteiger partial charge in [0.05, 0.1) is 7.11 Å². The molecule has 0 aromatic rings. The summed E-state index contributed by atoms with van der Waals surface area (Å²) in [4.78, 5) is 20.9. The largest absolute Gasteiger partial charge is 0.469 e. The predicted octanol–water partition coefficient (Wildman–Crippen LogP) is 3.98. The van der Waals surface area contributed by atoms with E-state index in [1.807, 2.05) is 12.2 Å². The standard InChI is InChI=1S/C16H26O3/c1-19-16(18)14-12-10-8-6-4-2-3-5-7-9-11-13-15-17/h3,5,9,11,15H,2,4,6-8,10,12-14H2,1H3. The summed E-state index contributed by atoms with van der Waals surface area (Å²) in [6.07, 6.45) is 17.9. The molecule has 0 heterocycles. The van der Waals surface area contributed by atoms with E-state index in [0.717, 1.165) is 32.0 Å². The molecule has 0 radical (unpaired) electrons. The minimum absolute atomic E-state index is 0.106. The highest BCUT2D eigenvalue weighted by Crippen LogP contribution is 2.08. The van der Waals surface area contributed by atoms with E-state index in [2.05, 4.69) is 16.9 Å². The molecule has 0 rings (SSSR count). The topological polar surface area (TPSA) is 43.4 Å². The van der Waals surface area contributed by atoms with Crippen molar-refractivity contribution in [1.82, 2.24) is 0 Å². The van der Waals surface area contributed by atoms with Crippen molar-refractivity contribution in [3.05, 3.63) is 24.3 Å². The lowest BCUT2D eigenvalue weighted by Crippen LogP contribution is -1.98. The first-order chi connectivity index (χ1) is 9.31. The molecule has 0 bridgehead atoms. The molecule has 0 aromatic heterocycles. The van der Waals surface area contributed by atoms with E-state index >= 15 is 0 Å². The van der Waals surface area contributed by atoms with Crippen LogP contribution in [0.2, 0.25) is 0 Å². The van der Waals surface area contributed by atoms with Crippen molar-refractivity contribution >= 4 is 12.3 Å². The van der Waals surface area contributed by atoms with Gasteiger partial charge in [-0.05, 0) is 25.7 Å². The molecule has 3 nitrogen and oxygen atoms in total. The molecule has 0 aliphatic rings. The number of hydrogen-bond acceptors (Lipinski definition) is 3. The maximum absolute atomic E-state index is 10.9. The number of allylic oxidation sites excluding steroid dienone is 4. The van der Waals surface area contributed by atoms with Crippen LogP contribution in [0.1, 0.15) is 57.8 Å². The number of hydrogen-bond donors (Lipinski definition) is 0. The van der Waals surface area contributed by atoms with Gasteiger partial charge in [-0.15, -0.1) is 0 Å². The van der Waals surface area contributed by atoms with Crippen LogP contribution in [0.25, 0.3) is 0 Å². The van der Waals surface area contributed by atoms with Crippen LogP contribution in [-0.4, -0.2) is 19.4 Å². The molecule has 0 aromatic carbocycles. The van der Waals surface area contributed by atoms with E-state index in [0.29, 0.717) is 12.8 Å². The summed E-state index contributed by atoms with van der Waals surface area (Å²) in [5, 5.41) is 0. The van der Waals surface area contributed by atoms with Crippen molar-refractivity contribution in [3.63, 3.8) is 0 Å².